The highest BCUT2D eigenvalue weighted by atomic mass is 127. The van der Waals surface area contributed by atoms with Gasteiger partial charge in [0.15, 0.2) is 23.8 Å². The summed E-state index contributed by atoms with van der Waals surface area (Å²) < 4.78 is 22.1. The molecule has 0 aliphatic carbocycles. The summed E-state index contributed by atoms with van der Waals surface area (Å²) in [6.45, 7) is 3.95. The highest BCUT2D eigenvalue weighted by Gasteiger charge is 2.26. The molecule has 1 aliphatic rings. The minimum atomic E-state index is -0.610. The zero-order chi connectivity index (χ0) is 23.3. The first kappa shape index (κ1) is 24.3. The Labute approximate surface area is 208 Å². The average Bonchev–Trinajstić information content (AvgIpc) is 3.07. The van der Waals surface area contributed by atoms with Gasteiger partial charge in [0.1, 0.15) is 0 Å². The molecular formula is C22H18Cl2INO6. The standard InChI is InChI=1S/C22H18Cl2INO6/c1-3-29-18-9-12(7-16(25)20(18)31-11-19(27)30-4-2)8-17-22(28)32-21(26-17)14-6-5-13(23)10-15(14)24/h5-10H,3-4,11H2,1-2H3/b17-8-. The summed E-state index contributed by atoms with van der Waals surface area (Å²) in [5, 5.41) is 0.782. The Morgan fingerprint density at radius 2 is 1.94 bits per heavy atom. The van der Waals surface area contributed by atoms with E-state index in [1.165, 1.54) is 0 Å². The van der Waals surface area contributed by atoms with Crippen LogP contribution in [0.15, 0.2) is 41.0 Å². The van der Waals surface area contributed by atoms with Crippen molar-refractivity contribution in [2.24, 2.45) is 4.99 Å². The maximum atomic E-state index is 12.4. The molecule has 0 amide bonds. The molecule has 168 valence electrons. The van der Waals surface area contributed by atoms with Crippen LogP contribution in [-0.2, 0) is 19.1 Å². The van der Waals surface area contributed by atoms with Gasteiger partial charge in [-0.25, -0.2) is 14.6 Å². The molecule has 0 fully saturated rings. The molecule has 7 nitrogen and oxygen atoms in total. The van der Waals surface area contributed by atoms with Crippen molar-refractivity contribution in [3.8, 4) is 11.5 Å². The first-order chi connectivity index (χ1) is 15.3. The molecule has 0 saturated carbocycles. The van der Waals surface area contributed by atoms with E-state index < -0.39 is 11.9 Å². The molecule has 3 rings (SSSR count). The number of hydrogen-bond donors (Lipinski definition) is 0. The monoisotopic (exact) mass is 589 g/mol. The van der Waals surface area contributed by atoms with Gasteiger partial charge in [-0.2, -0.15) is 0 Å². The molecule has 0 aromatic heterocycles. The number of carbonyl (C=O) groups excluding carboxylic acids is 2. The summed E-state index contributed by atoms with van der Waals surface area (Å²) in [7, 11) is 0. The Bertz CT molecular complexity index is 1120. The van der Waals surface area contributed by atoms with E-state index >= 15 is 0 Å². The number of ether oxygens (including phenoxy) is 4. The Balaban J connectivity index is 1.90. The largest absolute Gasteiger partial charge is 0.490 e. The van der Waals surface area contributed by atoms with Gasteiger partial charge in [0.05, 0.1) is 27.4 Å². The molecule has 0 N–H and O–H groups in total. The lowest BCUT2D eigenvalue weighted by atomic mass is 10.1. The number of cyclic esters (lactones) is 1. The number of aliphatic imine (C=N–C) groups is 1. The number of esters is 2. The summed E-state index contributed by atoms with van der Waals surface area (Å²) in [6.07, 6.45) is 1.57. The van der Waals surface area contributed by atoms with E-state index in [2.05, 4.69) is 27.6 Å². The lowest BCUT2D eigenvalue weighted by molar-refractivity contribution is -0.145. The van der Waals surface area contributed by atoms with Crippen LogP contribution >= 0.6 is 45.8 Å². The number of rotatable bonds is 8. The second-order valence-electron chi connectivity index (χ2n) is 6.32. The van der Waals surface area contributed by atoms with E-state index in [0.717, 1.165) is 0 Å². The van der Waals surface area contributed by atoms with Crippen molar-refractivity contribution in [3.63, 3.8) is 0 Å². The normalized spacial score (nSPS) is 14.2. The van der Waals surface area contributed by atoms with E-state index in [0.29, 0.717) is 42.8 Å². The second-order valence-corrected chi connectivity index (χ2v) is 8.32. The molecule has 0 saturated heterocycles. The zero-order valence-corrected chi connectivity index (χ0v) is 20.8. The Morgan fingerprint density at radius 1 is 1.16 bits per heavy atom. The van der Waals surface area contributed by atoms with Gasteiger partial charge in [0.25, 0.3) is 0 Å². The number of halogens is 3. The molecule has 0 bridgehead atoms. The first-order valence-electron chi connectivity index (χ1n) is 9.55. The molecule has 10 heteroatoms. The quantitative estimate of drug-likeness (QED) is 0.237. The fourth-order valence-electron chi connectivity index (χ4n) is 2.75. The van der Waals surface area contributed by atoms with Crippen LogP contribution in [0.3, 0.4) is 0 Å². The van der Waals surface area contributed by atoms with Gasteiger partial charge in [0, 0.05) is 5.02 Å². The molecule has 2 aromatic carbocycles. The van der Waals surface area contributed by atoms with Crippen LogP contribution in [0.2, 0.25) is 10.0 Å². The fourth-order valence-corrected chi connectivity index (χ4v) is 4.02. The van der Waals surface area contributed by atoms with Gasteiger partial charge in [0.2, 0.25) is 5.90 Å². The molecule has 0 radical (unpaired) electrons. The van der Waals surface area contributed by atoms with E-state index in [1.54, 1.807) is 43.3 Å². The van der Waals surface area contributed by atoms with E-state index in [-0.39, 0.29) is 24.8 Å². The number of nitrogens with zero attached hydrogens (tertiary/aromatic N) is 1. The van der Waals surface area contributed by atoms with Gasteiger partial charge >= 0.3 is 11.9 Å². The topological polar surface area (TPSA) is 83.4 Å². The third kappa shape index (κ3) is 5.93. The third-order valence-electron chi connectivity index (χ3n) is 4.06. The van der Waals surface area contributed by atoms with Crippen molar-refractivity contribution in [2.45, 2.75) is 13.8 Å². The summed E-state index contributed by atoms with van der Waals surface area (Å²) in [6, 6.07) is 8.27. The van der Waals surface area contributed by atoms with E-state index in [4.69, 9.17) is 42.1 Å². The minimum Gasteiger partial charge on any atom is -0.490 e. The molecule has 0 atom stereocenters. The van der Waals surface area contributed by atoms with Gasteiger partial charge in [-0.3, -0.25) is 0 Å². The van der Waals surface area contributed by atoms with E-state index in [1.807, 2.05) is 6.92 Å². The maximum absolute atomic E-state index is 12.4. The molecule has 1 heterocycles. The van der Waals surface area contributed by atoms with Crippen molar-refractivity contribution < 1.29 is 28.5 Å². The Morgan fingerprint density at radius 3 is 2.62 bits per heavy atom. The van der Waals surface area contributed by atoms with E-state index in [9.17, 15) is 9.59 Å². The average molecular weight is 590 g/mol. The molecule has 32 heavy (non-hydrogen) atoms. The second kappa shape index (κ2) is 11.0. The SMILES string of the molecule is CCOC(=O)COc1c(I)cc(/C=C2\N=C(c3ccc(Cl)cc3Cl)OC2=O)cc1OCC. The lowest BCUT2D eigenvalue weighted by Gasteiger charge is -2.14. The van der Waals surface area contributed by atoms with Gasteiger partial charge in [-0.05, 0) is 78.4 Å². The van der Waals surface area contributed by atoms with Crippen LogP contribution in [0.1, 0.15) is 25.0 Å². The van der Waals surface area contributed by atoms with Crippen LogP contribution in [-0.4, -0.2) is 37.7 Å². The maximum Gasteiger partial charge on any atom is 0.363 e. The molecule has 0 unspecified atom stereocenters. The number of benzene rings is 2. The predicted octanol–water partition coefficient (Wildman–Crippen LogP) is 5.28. The Hall–Kier alpha value is -2.30. The van der Waals surface area contributed by atoms with Crippen LogP contribution in [0.25, 0.3) is 6.08 Å². The van der Waals surface area contributed by atoms with Crippen molar-refractivity contribution >= 4 is 69.7 Å². The van der Waals surface area contributed by atoms with Crippen LogP contribution < -0.4 is 9.47 Å². The predicted molar refractivity (Wildman–Crippen MR) is 130 cm³/mol. The van der Waals surface area contributed by atoms with Crippen LogP contribution in [0.5, 0.6) is 11.5 Å². The smallest absolute Gasteiger partial charge is 0.363 e. The number of carbonyl (C=O) groups is 2. The van der Waals surface area contributed by atoms with Crippen molar-refractivity contribution in [2.75, 3.05) is 19.8 Å². The highest BCUT2D eigenvalue weighted by Crippen LogP contribution is 2.35. The summed E-state index contributed by atoms with van der Waals surface area (Å²) in [5.74, 6) is -0.160. The third-order valence-corrected chi connectivity index (χ3v) is 5.41. The zero-order valence-electron chi connectivity index (χ0n) is 17.1. The van der Waals surface area contributed by atoms with Crippen LogP contribution in [0, 0.1) is 3.57 Å². The van der Waals surface area contributed by atoms with Gasteiger partial charge in [-0.15, -0.1) is 0 Å². The molecule has 2 aromatic rings. The minimum absolute atomic E-state index is 0.0945. The van der Waals surface area contributed by atoms with Crippen LogP contribution in [0.4, 0.5) is 0 Å². The van der Waals surface area contributed by atoms with Gasteiger partial charge in [-0.1, -0.05) is 23.2 Å². The van der Waals surface area contributed by atoms with Crippen molar-refractivity contribution in [3.05, 3.63) is 60.8 Å². The molecule has 1 aliphatic heterocycles. The summed E-state index contributed by atoms with van der Waals surface area (Å²) in [5.41, 5.74) is 1.20. The summed E-state index contributed by atoms with van der Waals surface area (Å²) in [4.78, 5) is 28.3. The van der Waals surface area contributed by atoms with Crippen molar-refractivity contribution in [1.29, 1.82) is 0 Å². The molecule has 0 spiro atoms. The number of hydrogen-bond acceptors (Lipinski definition) is 7. The van der Waals surface area contributed by atoms with Gasteiger partial charge < -0.3 is 18.9 Å². The van der Waals surface area contributed by atoms with Crippen molar-refractivity contribution in [1.82, 2.24) is 0 Å². The highest BCUT2D eigenvalue weighted by molar-refractivity contribution is 14.1. The fraction of sp³-hybridized carbons (Fsp3) is 0.227. The first-order valence-corrected chi connectivity index (χ1v) is 11.4. The summed E-state index contributed by atoms with van der Waals surface area (Å²) >= 11 is 14.2. The lowest BCUT2D eigenvalue weighted by Crippen LogP contribution is -2.15. The molecular weight excluding hydrogens is 572 g/mol. The Kier molecular flexibility index (Phi) is 8.38.